The molecule has 8 nitrogen and oxygen atoms in total. The highest BCUT2D eigenvalue weighted by Crippen LogP contribution is 2.34. The third-order valence-electron chi connectivity index (χ3n) is 6.99. The van der Waals surface area contributed by atoms with E-state index in [0.29, 0.717) is 23.5 Å². The molecule has 0 saturated heterocycles. The van der Waals surface area contributed by atoms with E-state index in [-0.39, 0.29) is 41.4 Å². The van der Waals surface area contributed by atoms with E-state index < -0.39 is 6.10 Å². The van der Waals surface area contributed by atoms with Gasteiger partial charge in [-0.2, -0.15) is 0 Å². The Bertz CT molecular complexity index is 1120. The van der Waals surface area contributed by atoms with Crippen molar-refractivity contribution in [2.24, 2.45) is 0 Å². The van der Waals surface area contributed by atoms with Crippen molar-refractivity contribution >= 4 is 11.4 Å². The smallest absolute Gasteiger partial charge is 0.274 e. The Morgan fingerprint density at radius 2 is 1.54 bits per heavy atom. The second-order valence-corrected chi connectivity index (χ2v) is 10.6. The van der Waals surface area contributed by atoms with E-state index in [0.717, 1.165) is 38.5 Å². The zero-order valence-corrected chi connectivity index (χ0v) is 21.4. The fourth-order valence-corrected chi connectivity index (χ4v) is 5.45. The average Bonchev–Trinajstić information content (AvgIpc) is 3.23. The van der Waals surface area contributed by atoms with Crippen LogP contribution in [0.2, 0.25) is 0 Å². The quantitative estimate of drug-likeness (QED) is 0.517. The highest BCUT2D eigenvalue weighted by molar-refractivity contribution is 5.47. The summed E-state index contributed by atoms with van der Waals surface area (Å²) in [5, 5.41) is 17.0. The third kappa shape index (κ3) is 5.74. The number of hydrogen-bond donors (Lipinski definition) is 3. The van der Waals surface area contributed by atoms with Crippen molar-refractivity contribution in [3.05, 3.63) is 51.3 Å². The Balaban J connectivity index is 1.67. The number of hydrogen-bond acceptors (Lipinski definition) is 6. The van der Waals surface area contributed by atoms with Crippen LogP contribution >= 0.6 is 0 Å². The van der Waals surface area contributed by atoms with Crippen molar-refractivity contribution in [1.82, 2.24) is 9.13 Å². The first kappa shape index (κ1) is 25.4. The van der Waals surface area contributed by atoms with Crippen molar-refractivity contribution in [3.8, 4) is 5.75 Å². The van der Waals surface area contributed by atoms with Gasteiger partial charge in [0, 0.05) is 30.5 Å². The Morgan fingerprint density at radius 1 is 0.886 bits per heavy atom. The van der Waals surface area contributed by atoms with Crippen LogP contribution in [0.25, 0.3) is 0 Å². The molecule has 0 aromatic carbocycles. The first-order valence-electron chi connectivity index (χ1n) is 13.1. The molecule has 4 rings (SSSR count). The number of pyridine rings is 2. The highest BCUT2D eigenvalue weighted by atomic mass is 16.5. The Kier molecular flexibility index (Phi) is 7.89. The van der Waals surface area contributed by atoms with Gasteiger partial charge in [-0.1, -0.05) is 6.42 Å². The number of aliphatic hydroxyl groups excluding tert-OH is 1. The van der Waals surface area contributed by atoms with Crippen LogP contribution in [-0.2, 0) is 0 Å². The van der Waals surface area contributed by atoms with Gasteiger partial charge in [0.05, 0.1) is 18.2 Å². The molecule has 0 aliphatic heterocycles. The molecule has 0 bridgehead atoms. The molecule has 2 aromatic heterocycles. The average molecular weight is 485 g/mol. The second kappa shape index (κ2) is 10.9. The number of nitrogens with one attached hydrogen (secondary N) is 2. The van der Waals surface area contributed by atoms with Crippen molar-refractivity contribution in [2.45, 2.75) is 109 Å². The summed E-state index contributed by atoms with van der Waals surface area (Å²) in [7, 11) is 0. The third-order valence-corrected chi connectivity index (χ3v) is 6.99. The summed E-state index contributed by atoms with van der Waals surface area (Å²) in [5.41, 5.74) is 0.895. The largest absolute Gasteiger partial charge is 0.487 e. The topological polar surface area (TPSA) is 97.5 Å². The molecule has 0 spiro atoms. The Labute approximate surface area is 207 Å². The predicted octanol–water partition coefficient (Wildman–Crippen LogP) is 4.30. The van der Waals surface area contributed by atoms with Crippen molar-refractivity contribution in [1.29, 1.82) is 0 Å². The Morgan fingerprint density at radius 3 is 2.23 bits per heavy atom. The van der Waals surface area contributed by atoms with Gasteiger partial charge in [-0.3, -0.25) is 9.59 Å². The van der Waals surface area contributed by atoms with Gasteiger partial charge < -0.3 is 29.6 Å². The number of aliphatic hydroxyl groups is 1. The number of aromatic nitrogens is 2. The van der Waals surface area contributed by atoms with E-state index in [9.17, 15) is 14.7 Å². The molecule has 192 valence electrons. The van der Waals surface area contributed by atoms with Crippen LogP contribution in [-0.4, -0.2) is 38.5 Å². The number of anilines is 2. The van der Waals surface area contributed by atoms with Gasteiger partial charge in [0.15, 0.2) is 0 Å². The summed E-state index contributed by atoms with van der Waals surface area (Å²) in [6.45, 7) is 8.01. The first-order valence-corrected chi connectivity index (χ1v) is 13.1. The van der Waals surface area contributed by atoms with Crippen LogP contribution in [0.15, 0.2) is 40.2 Å². The monoisotopic (exact) mass is 484 g/mol. The molecule has 4 atom stereocenters. The summed E-state index contributed by atoms with van der Waals surface area (Å²) in [6, 6.07) is 5.40. The van der Waals surface area contributed by atoms with E-state index >= 15 is 0 Å². The molecular formula is C27H40N4O4. The summed E-state index contributed by atoms with van der Waals surface area (Å²) in [5.74, 6) is 0.591. The molecule has 2 aromatic rings. The van der Waals surface area contributed by atoms with Crippen LogP contribution in [0.3, 0.4) is 0 Å². The van der Waals surface area contributed by atoms with Crippen LogP contribution in [0.1, 0.15) is 84.7 Å². The number of ether oxygens (including phenoxy) is 1. The summed E-state index contributed by atoms with van der Waals surface area (Å²) >= 11 is 0. The molecule has 8 heteroatoms. The number of rotatable bonds is 8. The summed E-state index contributed by atoms with van der Waals surface area (Å²) < 4.78 is 10.0. The molecule has 2 aliphatic rings. The van der Waals surface area contributed by atoms with E-state index in [2.05, 4.69) is 10.6 Å². The zero-order valence-electron chi connectivity index (χ0n) is 21.4. The highest BCUT2D eigenvalue weighted by Gasteiger charge is 2.32. The number of nitrogens with zero attached hydrogens (tertiary/aromatic N) is 2. The summed E-state index contributed by atoms with van der Waals surface area (Å²) in [4.78, 5) is 26.5. The lowest BCUT2D eigenvalue weighted by molar-refractivity contribution is 0.0937. The van der Waals surface area contributed by atoms with Gasteiger partial charge in [-0.05, 0) is 78.4 Å². The lowest BCUT2D eigenvalue weighted by atomic mass is 9.92. The fourth-order valence-electron chi connectivity index (χ4n) is 5.45. The minimum Gasteiger partial charge on any atom is -0.487 e. The summed E-state index contributed by atoms with van der Waals surface area (Å²) in [6.07, 6.45) is 8.97. The Hall–Kier alpha value is -2.74. The van der Waals surface area contributed by atoms with Crippen LogP contribution in [0.4, 0.5) is 11.4 Å². The van der Waals surface area contributed by atoms with E-state index in [1.165, 1.54) is 0 Å². The SMILES string of the molecule is CC(C)Nc1cccn([C@@H]2CCCC[C@@H]2Oc2cc(NC(C)C)c(=O)n([C@@H]3CCC[C@@H]3O)c2)c1=O. The van der Waals surface area contributed by atoms with Crippen molar-refractivity contribution < 1.29 is 9.84 Å². The second-order valence-electron chi connectivity index (χ2n) is 10.6. The fraction of sp³-hybridized carbons (Fsp3) is 0.630. The van der Waals surface area contributed by atoms with Gasteiger partial charge in [0.2, 0.25) is 0 Å². The standard InChI is InChI=1S/C27H40N4O4/c1-17(2)28-20-9-8-14-30(26(20)33)23-10-5-6-13-25(23)35-19-15-21(29-18(3)4)27(34)31(16-19)22-11-7-12-24(22)32/h8-9,14-18,22-25,28-29,32H,5-7,10-13H2,1-4H3/t22-,23-,24+,25+/m1/s1. The van der Waals surface area contributed by atoms with Gasteiger partial charge in [0.25, 0.3) is 11.1 Å². The van der Waals surface area contributed by atoms with E-state index in [1.54, 1.807) is 21.4 Å². The van der Waals surface area contributed by atoms with Gasteiger partial charge in [-0.15, -0.1) is 0 Å². The molecule has 35 heavy (non-hydrogen) atoms. The first-order chi connectivity index (χ1) is 16.7. The van der Waals surface area contributed by atoms with Gasteiger partial charge >= 0.3 is 0 Å². The normalized spacial score (nSPS) is 24.7. The molecule has 0 amide bonds. The van der Waals surface area contributed by atoms with E-state index in [1.807, 2.05) is 46.0 Å². The molecule has 0 unspecified atom stereocenters. The van der Waals surface area contributed by atoms with Crippen molar-refractivity contribution in [3.63, 3.8) is 0 Å². The zero-order chi connectivity index (χ0) is 25.1. The van der Waals surface area contributed by atoms with Crippen LogP contribution in [0.5, 0.6) is 5.75 Å². The van der Waals surface area contributed by atoms with Crippen LogP contribution in [0, 0.1) is 0 Å². The molecule has 2 fully saturated rings. The lowest BCUT2D eigenvalue weighted by Crippen LogP contribution is -2.39. The van der Waals surface area contributed by atoms with Gasteiger partial charge in [0.1, 0.15) is 23.2 Å². The van der Waals surface area contributed by atoms with Gasteiger partial charge in [-0.25, -0.2) is 0 Å². The molecule has 3 N–H and O–H groups in total. The maximum atomic E-state index is 13.2. The van der Waals surface area contributed by atoms with E-state index in [4.69, 9.17) is 4.74 Å². The van der Waals surface area contributed by atoms with Crippen molar-refractivity contribution in [2.75, 3.05) is 10.6 Å². The predicted molar refractivity (Wildman–Crippen MR) is 140 cm³/mol. The lowest BCUT2D eigenvalue weighted by Gasteiger charge is -2.34. The maximum absolute atomic E-state index is 13.2. The molecular weight excluding hydrogens is 444 g/mol. The minimum absolute atomic E-state index is 0.0390. The minimum atomic E-state index is -0.535. The molecule has 2 saturated carbocycles. The molecule has 2 heterocycles. The van der Waals surface area contributed by atoms with Crippen LogP contribution < -0.4 is 26.5 Å². The molecule has 2 aliphatic carbocycles. The maximum Gasteiger partial charge on any atom is 0.274 e. The molecule has 0 radical (unpaired) electrons.